The van der Waals surface area contributed by atoms with Gasteiger partial charge in [-0.15, -0.1) is 0 Å². The molecule has 3 rings (SSSR count). The number of amides is 1. The molecule has 17 heavy (non-hydrogen) atoms. The highest BCUT2D eigenvalue weighted by atomic mass is 16.5. The van der Waals surface area contributed by atoms with Crippen LogP contribution in [0.4, 0.5) is 0 Å². The third kappa shape index (κ3) is 1.69. The second-order valence-electron chi connectivity index (χ2n) is 4.62. The largest absolute Gasteiger partial charge is 0.490 e. The van der Waals surface area contributed by atoms with E-state index in [9.17, 15) is 4.79 Å². The zero-order valence-corrected chi connectivity index (χ0v) is 9.90. The van der Waals surface area contributed by atoms with E-state index in [0.29, 0.717) is 12.2 Å². The number of aryl methyl sites for hydroxylation is 1. The minimum atomic E-state index is 0.104. The minimum absolute atomic E-state index is 0.104. The molecule has 1 atom stereocenters. The van der Waals surface area contributed by atoms with E-state index < -0.39 is 0 Å². The van der Waals surface area contributed by atoms with Crippen LogP contribution in [-0.4, -0.2) is 43.1 Å². The number of nitrogens with one attached hydrogen (secondary N) is 1. The lowest BCUT2D eigenvalue weighted by Gasteiger charge is -2.33. The summed E-state index contributed by atoms with van der Waals surface area (Å²) >= 11 is 0. The molecule has 0 radical (unpaired) electrons. The molecule has 2 aliphatic rings. The van der Waals surface area contributed by atoms with Crippen LogP contribution in [0.1, 0.15) is 15.9 Å². The Morgan fingerprint density at radius 2 is 2.35 bits per heavy atom. The maximum absolute atomic E-state index is 12.4. The number of fused-ring (bicyclic) bond motifs is 2. The van der Waals surface area contributed by atoms with Crippen molar-refractivity contribution in [2.24, 2.45) is 0 Å². The number of para-hydroxylation sites is 1. The quantitative estimate of drug-likeness (QED) is 0.719. The van der Waals surface area contributed by atoms with Crippen molar-refractivity contribution in [1.82, 2.24) is 10.2 Å². The summed E-state index contributed by atoms with van der Waals surface area (Å²) in [4.78, 5) is 14.4. The highest BCUT2D eigenvalue weighted by Gasteiger charge is 2.32. The number of rotatable bonds is 0. The van der Waals surface area contributed by atoms with Crippen LogP contribution < -0.4 is 10.1 Å². The SMILES string of the molecule is Cc1cccc2c1OCC1CNCCN1C2=O. The fourth-order valence-corrected chi connectivity index (χ4v) is 2.52. The van der Waals surface area contributed by atoms with Crippen LogP contribution >= 0.6 is 0 Å². The number of carbonyl (C=O) groups is 1. The van der Waals surface area contributed by atoms with Crippen LogP contribution in [0, 0.1) is 6.92 Å². The van der Waals surface area contributed by atoms with E-state index in [1.165, 1.54) is 0 Å². The monoisotopic (exact) mass is 232 g/mol. The molecule has 4 nitrogen and oxygen atoms in total. The van der Waals surface area contributed by atoms with E-state index >= 15 is 0 Å². The van der Waals surface area contributed by atoms with Gasteiger partial charge in [-0.3, -0.25) is 4.79 Å². The van der Waals surface area contributed by atoms with Gasteiger partial charge in [0.05, 0.1) is 11.6 Å². The van der Waals surface area contributed by atoms with E-state index in [1.54, 1.807) is 0 Å². The highest BCUT2D eigenvalue weighted by molar-refractivity contribution is 5.98. The van der Waals surface area contributed by atoms with Gasteiger partial charge >= 0.3 is 0 Å². The lowest BCUT2D eigenvalue weighted by molar-refractivity contribution is 0.0606. The number of hydrogen-bond acceptors (Lipinski definition) is 3. The van der Waals surface area contributed by atoms with Gasteiger partial charge in [-0.1, -0.05) is 12.1 Å². The zero-order valence-electron chi connectivity index (χ0n) is 9.90. The summed E-state index contributed by atoms with van der Waals surface area (Å²) in [5.41, 5.74) is 1.73. The first kappa shape index (κ1) is 10.6. The van der Waals surface area contributed by atoms with E-state index in [0.717, 1.165) is 30.9 Å². The summed E-state index contributed by atoms with van der Waals surface area (Å²) in [6.07, 6.45) is 0. The third-order valence-corrected chi connectivity index (χ3v) is 3.47. The van der Waals surface area contributed by atoms with Gasteiger partial charge in [0.25, 0.3) is 5.91 Å². The van der Waals surface area contributed by atoms with Gasteiger partial charge in [0.2, 0.25) is 0 Å². The second-order valence-corrected chi connectivity index (χ2v) is 4.62. The molecule has 1 aromatic rings. The lowest BCUT2D eigenvalue weighted by Crippen LogP contribution is -2.54. The molecular formula is C13H16N2O2. The summed E-state index contributed by atoms with van der Waals surface area (Å²) < 4.78 is 5.82. The zero-order chi connectivity index (χ0) is 11.8. The normalized spacial score (nSPS) is 23.5. The van der Waals surface area contributed by atoms with Gasteiger partial charge in [0.15, 0.2) is 0 Å². The summed E-state index contributed by atoms with van der Waals surface area (Å²) in [7, 11) is 0. The topological polar surface area (TPSA) is 41.6 Å². The first-order valence-electron chi connectivity index (χ1n) is 6.01. The van der Waals surface area contributed by atoms with Crippen LogP contribution in [0.2, 0.25) is 0 Å². The van der Waals surface area contributed by atoms with Crippen LogP contribution in [-0.2, 0) is 0 Å². The summed E-state index contributed by atoms with van der Waals surface area (Å²) in [5.74, 6) is 0.861. The van der Waals surface area contributed by atoms with Gasteiger partial charge in [-0.25, -0.2) is 0 Å². The molecule has 0 aromatic heterocycles. The maximum atomic E-state index is 12.4. The Bertz CT molecular complexity index is 459. The first-order chi connectivity index (χ1) is 8.27. The Kier molecular flexibility index (Phi) is 2.52. The van der Waals surface area contributed by atoms with Crippen molar-refractivity contribution < 1.29 is 9.53 Å². The van der Waals surface area contributed by atoms with Crippen molar-refractivity contribution in [2.75, 3.05) is 26.2 Å². The molecule has 0 aliphatic carbocycles. The Labute approximate surface area is 101 Å². The van der Waals surface area contributed by atoms with Crippen LogP contribution in [0.25, 0.3) is 0 Å². The highest BCUT2D eigenvalue weighted by Crippen LogP contribution is 2.28. The van der Waals surface area contributed by atoms with E-state index in [-0.39, 0.29) is 11.9 Å². The molecule has 1 amide bonds. The molecule has 1 fully saturated rings. The second kappa shape index (κ2) is 4.04. The Morgan fingerprint density at radius 1 is 1.47 bits per heavy atom. The average Bonchev–Trinajstić information content (AvgIpc) is 2.50. The Morgan fingerprint density at radius 3 is 3.24 bits per heavy atom. The predicted octanol–water partition coefficient (Wildman–Crippen LogP) is 0.801. The molecular weight excluding hydrogens is 216 g/mol. The fraction of sp³-hybridized carbons (Fsp3) is 0.462. The molecule has 2 aliphatic heterocycles. The number of piperazine rings is 1. The van der Waals surface area contributed by atoms with Crippen LogP contribution in [0.15, 0.2) is 18.2 Å². The standard InChI is InChI=1S/C13H16N2O2/c1-9-3-2-4-11-12(9)17-8-10-7-14-5-6-15(10)13(11)16/h2-4,10,14H,5-8H2,1H3. The van der Waals surface area contributed by atoms with Gasteiger partial charge in [-0.05, 0) is 18.6 Å². The molecule has 2 heterocycles. The molecule has 1 unspecified atom stereocenters. The number of ether oxygens (including phenoxy) is 1. The van der Waals surface area contributed by atoms with E-state index in [1.807, 2.05) is 30.0 Å². The molecule has 1 saturated heterocycles. The Balaban J connectivity index is 2.04. The van der Waals surface area contributed by atoms with Crippen molar-refractivity contribution in [3.8, 4) is 5.75 Å². The third-order valence-electron chi connectivity index (χ3n) is 3.47. The average molecular weight is 232 g/mol. The van der Waals surface area contributed by atoms with Crippen LogP contribution in [0.5, 0.6) is 5.75 Å². The number of benzene rings is 1. The summed E-state index contributed by atoms with van der Waals surface area (Å²) in [6.45, 7) is 5.01. The Hall–Kier alpha value is -1.55. The van der Waals surface area contributed by atoms with E-state index in [4.69, 9.17) is 4.74 Å². The summed E-state index contributed by atoms with van der Waals surface area (Å²) in [6, 6.07) is 5.91. The molecule has 0 saturated carbocycles. The maximum Gasteiger partial charge on any atom is 0.258 e. The van der Waals surface area contributed by atoms with Crippen LogP contribution in [0.3, 0.4) is 0 Å². The number of nitrogens with zero attached hydrogens (tertiary/aromatic N) is 1. The van der Waals surface area contributed by atoms with Crippen molar-refractivity contribution in [3.05, 3.63) is 29.3 Å². The smallest absolute Gasteiger partial charge is 0.258 e. The predicted molar refractivity (Wildman–Crippen MR) is 64.4 cm³/mol. The summed E-state index contributed by atoms with van der Waals surface area (Å²) in [5, 5.41) is 3.30. The molecule has 1 N–H and O–H groups in total. The van der Waals surface area contributed by atoms with Crippen molar-refractivity contribution in [1.29, 1.82) is 0 Å². The number of hydrogen-bond donors (Lipinski definition) is 1. The van der Waals surface area contributed by atoms with Crippen molar-refractivity contribution in [3.63, 3.8) is 0 Å². The van der Waals surface area contributed by atoms with Gasteiger partial charge in [0, 0.05) is 19.6 Å². The van der Waals surface area contributed by atoms with Gasteiger partial charge in [-0.2, -0.15) is 0 Å². The fourth-order valence-electron chi connectivity index (χ4n) is 2.52. The van der Waals surface area contributed by atoms with Gasteiger partial charge in [0.1, 0.15) is 12.4 Å². The molecule has 0 bridgehead atoms. The molecule has 90 valence electrons. The van der Waals surface area contributed by atoms with E-state index in [2.05, 4.69) is 5.32 Å². The molecule has 4 heteroatoms. The van der Waals surface area contributed by atoms with Crippen molar-refractivity contribution in [2.45, 2.75) is 13.0 Å². The van der Waals surface area contributed by atoms with Gasteiger partial charge < -0.3 is 15.0 Å². The van der Waals surface area contributed by atoms with Crippen molar-refractivity contribution >= 4 is 5.91 Å². The first-order valence-corrected chi connectivity index (χ1v) is 6.01. The lowest BCUT2D eigenvalue weighted by atomic mass is 10.1. The molecule has 0 spiro atoms. The molecule has 1 aromatic carbocycles. The minimum Gasteiger partial charge on any atom is -0.490 e. The number of carbonyl (C=O) groups excluding carboxylic acids is 1.